The monoisotopic (exact) mass is 328 g/mol. The zero-order valence-electron chi connectivity index (χ0n) is 14.7. The summed E-state index contributed by atoms with van der Waals surface area (Å²) in [5, 5.41) is 9.43. The Kier molecular flexibility index (Phi) is 3.83. The molecule has 24 heavy (non-hydrogen) atoms. The van der Waals surface area contributed by atoms with Gasteiger partial charge in [-0.3, -0.25) is 0 Å². The lowest BCUT2D eigenvalue weighted by Gasteiger charge is -2.38. The van der Waals surface area contributed by atoms with E-state index in [-0.39, 0.29) is 18.1 Å². The summed E-state index contributed by atoms with van der Waals surface area (Å²) in [6.07, 6.45) is 0.571. The van der Waals surface area contributed by atoms with Crippen LogP contribution in [-0.2, 0) is 4.74 Å². The highest BCUT2D eigenvalue weighted by Crippen LogP contribution is 2.46. The Bertz CT molecular complexity index is 717. The van der Waals surface area contributed by atoms with Gasteiger partial charge in [0.2, 0.25) is 0 Å². The summed E-state index contributed by atoms with van der Waals surface area (Å²) in [5.41, 5.74) is 8.68. The number of rotatable bonds is 0. The number of likely N-dealkylation sites (tertiary alicyclic amines) is 1. The summed E-state index contributed by atoms with van der Waals surface area (Å²) in [7, 11) is 2.02. The second-order valence-electron chi connectivity index (χ2n) is 7.62. The molecule has 1 saturated heterocycles. The number of nitrogen functional groups attached to an aromatic ring is 1. The Morgan fingerprint density at radius 1 is 1.42 bits per heavy atom. The number of ether oxygens (including phenoxy) is 1. The highest BCUT2D eigenvalue weighted by atomic mass is 16.6. The van der Waals surface area contributed by atoms with Crippen molar-refractivity contribution in [2.75, 3.05) is 30.8 Å². The average molecular weight is 328 g/mol. The van der Waals surface area contributed by atoms with E-state index in [9.17, 15) is 10.1 Å². The van der Waals surface area contributed by atoms with E-state index in [1.807, 2.05) is 33.9 Å². The fraction of sp³-hybridized carbons (Fsp3) is 0.556. The van der Waals surface area contributed by atoms with Crippen molar-refractivity contribution in [3.63, 3.8) is 0 Å². The fourth-order valence-corrected chi connectivity index (χ4v) is 3.81. The first-order valence-electron chi connectivity index (χ1n) is 8.25. The molecule has 1 fully saturated rings. The molecule has 0 saturated carbocycles. The van der Waals surface area contributed by atoms with E-state index in [0.717, 1.165) is 17.7 Å². The van der Waals surface area contributed by atoms with Crippen LogP contribution in [-0.4, -0.2) is 42.8 Å². The molecular weight excluding hydrogens is 304 g/mol. The zero-order chi connectivity index (χ0) is 17.6. The van der Waals surface area contributed by atoms with Gasteiger partial charge in [0.15, 0.2) is 0 Å². The zero-order valence-corrected chi connectivity index (χ0v) is 14.7. The van der Waals surface area contributed by atoms with E-state index in [0.29, 0.717) is 24.3 Å². The molecule has 6 heteroatoms. The van der Waals surface area contributed by atoms with Gasteiger partial charge in [0, 0.05) is 37.8 Å². The van der Waals surface area contributed by atoms with E-state index >= 15 is 0 Å². The molecule has 6 nitrogen and oxygen atoms in total. The molecule has 1 aromatic rings. The van der Waals surface area contributed by atoms with E-state index in [1.54, 1.807) is 11.0 Å². The second kappa shape index (κ2) is 5.59. The number of carbonyl (C=O) groups is 1. The van der Waals surface area contributed by atoms with Crippen molar-refractivity contribution in [3.05, 3.63) is 23.3 Å². The van der Waals surface area contributed by atoms with Crippen molar-refractivity contribution in [1.82, 2.24) is 4.90 Å². The van der Waals surface area contributed by atoms with Crippen LogP contribution in [0.15, 0.2) is 12.1 Å². The van der Waals surface area contributed by atoms with Crippen LogP contribution in [0.2, 0.25) is 0 Å². The summed E-state index contributed by atoms with van der Waals surface area (Å²) in [6, 6.07) is 6.19. The quantitative estimate of drug-likeness (QED) is 0.740. The van der Waals surface area contributed by atoms with Crippen LogP contribution >= 0.6 is 0 Å². The first-order chi connectivity index (χ1) is 11.2. The summed E-state index contributed by atoms with van der Waals surface area (Å²) >= 11 is 0. The number of carbonyl (C=O) groups excluding carboxylic acids is 1. The lowest BCUT2D eigenvalue weighted by Crippen LogP contribution is -2.48. The van der Waals surface area contributed by atoms with E-state index in [4.69, 9.17) is 10.5 Å². The first kappa shape index (κ1) is 16.4. The van der Waals surface area contributed by atoms with Crippen molar-refractivity contribution in [1.29, 1.82) is 5.26 Å². The third-order valence-corrected chi connectivity index (χ3v) is 4.76. The molecule has 0 radical (unpaired) electrons. The normalized spacial score (nSPS) is 22.6. The Morgan fingerprint density at radius 3 is 2.75 bits per heavy atom. The predicted octanol–water partition coefficient (Wildman–Crippen LogP) is 2.68. The Balaban J connectivity index is 1.90. The van der Waals surface area contributed by atoms with Crippen LogP contribution < -0.4 is 10.6 Å². The number of hydrogen-bond acceptors (Lipinski definition) is 5. The molecule has 0 spiro atoms. The van der Waals surface area contributed by atoms with E-state index in [2.05, 4.69) is 11.0 Å². The minimum Gasteiger partial charge on any atom is -0.444 e. The highest BCUT2D eigenvalue weighted by Gasteiger charge is 2.43. The van der Waals surface area contributed by atoms with Gasteiger partial charge < -0.3 is 20.3 Å². The lowest BCUT2D eigenvalue weighted by molar-refractivity contribution is 0.0190. The lowest BCUT2D eigenvalue weighted by atomic mass is 9.88. The largest absolute Gasteiger partial charge is 0.444 e. The van der Waals surface area contributed by atoms with Crippen LogP contribution in [0.3, 0.4) is 0 Å². The summed E-state index contributed by atoms with van der Waals surface area (Å²) in [5.74, 6) is 0.155. The highest BCUT2D eigenvalue weighted by molar-refractivity contribution is 5.75. The number of likely N-dealkylation sites (N-methyl/N-ethyl adjacent to an activating group) is 1. The molecular formula is C18H24N4O2. The SMILES string of the molecule is CN1c2c(C#N)cc(N)cc2C2CN(C(=O)OC(C)(C)C)CCC21. The molecule has 2 heterocycles. The number of nitrogens with zero attached hydrogens (tertiary/aromatic N) is 3. The minimum atomic E-state index is -0.503. The molecule has 2 atom stereocenters. The van der Waals surface area contributed by atoms with Crippen molar-refractivity contribution in [2.24, 2.45) is 0 Å². The van der Waals surface area contributed by atoms with E-state index < -0.39 is 5.60 Å². The van der Waals surface area contributed by atoms with Gasteiger partial charge in [-0.15, -0.1) is 0 Å². The molecule has 3 rings (SSSR count). The molecule has 0 bridgehead atoms. The minimum absolute atomic E-state index is 0.155. The topological polar surface area (TPSA) is 82.6 Å². The Morgan fingerprint density at radius 2 is 2.12 bits per heavy atom. The van der Waals surface area contributed by atoms with Crippen molar-refractivity contribution < 1.29 is 9.53 Å². The number of anilines is 2. The van der Waals surface area contributed by atoms with Gasteiger partial charge in [-0.2, -0.15) is 5.26 Å². The van der Waals surface area contributed by atoms with Gasteiger partial charge in [0.25, 0.3) is 0 Å². The van der Waals surface area contributed by atoms with Crippen molar-refractivity contribution in [3.8, 4) is 6.07 Å². The molecule has 2 N–H and O–H groups in total. The average Bonchev–Trinajstić information content (AvgIpc) is 2.77. The fourth-order valence-electron chi connectivity index (χ4n) is 3.81. The molecule has 128 valence electrons. The van der Waals surface area contributed by atoms with Crippen LogP contribution in [0.5, 0.6) is 0 Å². The van der Waals surface area contributed by atoms with Crippen LogP contribution in [0.4, 0.5) is 16.2 Å². The summed E-state index contributed by atoms with van der Waals surface area (Å²) in [6.45, 7) is 6.86. The third kappa shape index (κ3) is 2.75. The molecule has 2 aliphatic rings. The Labute approximate surface area is 142 Å². The number of amides is 1. The standard InChI is InChI=1S/C18H24N4O2/c1-18(2,3)24-17(23)22-6-5-15-14(10-22)13-8-12(20)7-11(9-19)16(13)21(15)4/h7-8,14-15H,5-6,10,20H2,1-4H3. The maximum atomic E-state index is 12.4. The van der Waals surface area contributed by atoms with Gasteiger partial charge in [-0.25, -0.2) is 4.79 Å². The van der Waals surface area contributed by atoms with Crippen molar-refractivity contribution >= 4 is 17.5 Å². The van der Waals surface area contributed by atoms with Gasteiger partial charge in [-0.05, 0) is 44.9 Å². The molecule has 2 aliphatic heterocycles. The van der Waals surface area contributed by atoms with Gasteiger partial charge >= 0.3 is 6.09 Å². The number of nitrogens with two attached hydrogens (primary N) is 1. The number of benzene rings is 1. The molecule has 2 unspecified atom stereocenters. The van der Waals surface area contributed by atoms with Crippen LogP contribution in [0.1, 0.15) is 44.2 Å². The van der Waals surface area contributed by atoms with Gasteiger partial charge in [-0.1, -0.05) is 0 Å². The maximum absolute atomic E-state index is 12.4. The van der Waals surface area contributed by atoms with Gasteiger partial charge in [0.05, 0.1) is 11.3 Å². The first-order valence-corrected chi connectivity index (χ1v) is 8.25. The molecule has 0 aromatic heterocycles. The third-order valence-electron chi connectivity index (χ3n) is 4.76. The van der Waals surface area contributed by atoms with Crippen LogP contribution in [0.25, 0.3) is 0 Å². The number of nitriles is 1. The summed E-state index contributed by atoms with van der Waals surface area (Å²) < 4.78 is 5.51. The second-order valence-corrected chi connectivity index (χ2v) is 7.62. The molecule has 0 aliphatic carbocycles. The number of piperidine rings is 1. The van der Waals surface area contributed by atoms with E-state index in [1.165, 1.54) is 0 Å². The number of hydrogen-bond donors (Lipinski definition) is 1. The van der Waals surface area contributed by atoms with Crippen molar-refractivity contribution in [2.45, 2.75) is 44.8 Å². The van der Waals surface area contributed by atoms with Gasteiger partial charge in [0.1, 0.15) is 11.7 Å². The smallest absolute Gasteiger partial charge is 0.410 e. The molecule has 1 aromatic carbocycles. The maximum Gasteiger partial charge on any atom is 0.410 e. The molecule has 1 amide bonds. The van der Waals surface area contributed by atoms with Crippen LogP contribution in [0, 0.1) is 11.3 Å². The predicted molar refractivity (Wildman–Crippen MR) is 92.9 cm³/mol. The summed E-state index contributed by atoms with van der Waals surface area (Å²) in [4.78, 5) is 16.3. The number of fused-ring (bicyclic) bond motifs is 3. The Hall–Kier alpha value is -2.42.